The van der Waals surface area contributed by atoms with Crippen molar-refractivity contribution in [3.8, 4) is 17.6 Å². The highest BCUT2D eigenvalue weighted by molar-refractivity contribution is 5.96. The van der Waals surface area contributed by atoms with Gasteiger partial charge >= 0.3 is 0 Å². The number of aliphatic hydroxyl groups excluding tert-OH is 1. The molecule has 1 fully saturated rings. The number of unbranched alkanes of at least 4 members (excludes halogenated alkanes) is 1. The van der Waals surface area contributed by atoms with E-state index >= 15 is 0 Å². The Bertz CT molecular complexity index is 775. The van der Waals surface area contributed by atoms with Gasteiger partial charge in [-0.25, -0.2) is 0 Å². The van der Waals surface area contributed by atoms with Crippen molar-refractivity contribution in [2.75, 3.05) is 39.4 Å². The summed E-state index contributed by atoms with van der Waals surface area (Å²) in [6.45, 7) is 11.1. The van der Waals surface area contributed by atoms with Gasteiger partial charge in [0.1, 0.15) is 0 Å². The Morgan fingerprint density at radius 2 is 2.26 bits per heavy atom. The predicted octanol–water partition coefficient (Wildman–Crippen LogP) is 3.07. The van der Waals surface area contributed by atoms with Gasteiger partial charge < -0.3 is 24.8 Å². The highest BCUT2D eigenvalue weighted by atomic mass is 16.5. The molecule has 1 aromatic rings. The number of amides is 1. The molecule has 0 aromatic heterocycles. The first-order chi connectivity index (χ1) is 15.0. The standard InChI is InChI=1S/C24H35N3O4/c1-4-6-15-31-23-18(3)20(9-10-22(23)30-5-2)24(29)26-16-19-11-14-27(17-21(19)28)13-8-7-12-25/h4,9-10,19,21,28H,1,5-8,11,13-17H2,2-3H3,(H,26,29)/t19-,21+/m0/s1. The molecule has 2 rings (SSSR count). The molecule has 1 amide bonds. The van der Waals surface area contributed by atoms with Gasteiger partial charge in [0, 0.05) is 36.6 Å². The van der Waals surface area contributed by atoms with E-state index in [1.165, 1.54) is 0 Å². The average molecular weight is 430 g/mol. The highest BCUT2D eigenvalue weighted by Crippen LogP contribution is 2.33. The van der Waals surface area contributed by atoms with E-state index in [2.05, 4.69) is 22.9 Å². The molecule has 1 aliphatic rings. The fraction of sp³-hybridized carbons (Fsp3) is 0.583. The lowest BCUT2D eigenvalue weighted by molar-refractivity contribution is 0.0219. The maximum Gasteiger partial charge on any atom is 0.251 e. The zero-order valence-corrected chi connectivity index (χ0v) is 18.7. The second-order valence-corrected chi connectivity index (χ2v) is 7.81. The molecule has 0 unspecified atom stereocenters. The van der Waals surface area contributed by atoms with Crippen molar-refractivity contribution >= 4 is 5.91 Å². The van der Waals surface area contributed by atoms with Crippen molar-refractivity contribution in [1.82, 2.24) is 10.2 Å². The number of aliphatic hydroxyl groups is 1. The van der Waals surface area contributed by atoms with Gasteiger partial charge in [0.15, 0.2) is 11.5 Å². The number of nitriles is 1. The summed E-state index contributed by atoms with van der Waals surface area (Å²) in [6.07, 6.45) is 4.16. The molecular formula is C24H35N3O4. The summed E-state index contributed by atoms with van der Waals surface area (Å²) in [7, 11) is 0. The van der Waals surface area contributed by atoms with Crippen molar-refractivity contribution in [3.63, 3.8) is 0 Å². The molecule has 7 nitrogen and oxygen atoms in total. The number of nitrogens with one attached hydrogen (secondary N) is 1. The lowest BCUT2D eigenvalue weighted by Crippen LogP contribution is -2.47. The van der Waals surface area contributed by atoms with Crippen LogP contribution in [0.4, 0.5) is 0 Å². The molecule has 0 aliphatic carbocycles. The molecule has 1 saturated heterocycles. The van der Waals surface area contributed by atoms with E-state index < -0.39 is 6.10 Å². The van der Waals surface area contributed by atoms with Crippen molar-refractivity contribution in [3.05, 3.63) is 35.9 Å². The molecule has 0 bridgehead atoms. The van der Waals surface area contributed by atoms with Gasteiger partial charge in [0.2, 0.25) is 0 Å². The fourth-order valence-corrected chi connectivity index (χ4v) is 3.79. The lowest BCUT2D eigenvalue weighted by Gasteiger charge is -2.36. The molecule has 1 aliphatic heterocycles. The Morgan fingerprint density at radius 1 is 1.45 bits per heavy atom. The zero-order chi connectivity index (χ0) is 22.6. The van der Waals surface area contributed by atoms with Crippen LogP contribution in [0.1, 0.15) is 48.5 Å². The second-order valence-electron chi connectivity index (χ2n) is 7.81. The van der Waals surface area contributed by atoms with Crippen LogP contribution >= 0.6 is 0 Å². The van der Waals surface area contributed by atoms with E-state index in [1.807, 2.05) is 13.8 Å². The first-order valence-electron chi connectivity index (χ1n) is 11.1. The minimum Gasteiger partial charge on any atom is -0.490 e. The molecule has 170 valence electrons. The van der Waals surface area contributed by atoms with E-state index in [1.54, 1.807) is 18.2 Å². The normalized spacial score (nSPS) is 18.8. The first kappa shape index (κ1) is 24.7. The Balaban J connectivity index is 1.96. The van der Waals surface area contributed by atoms with Crippen LogP contribution in [0.2, 0.25) is 0 Å². The maximum atomic E-state index is 12.9. The number of β-amino-alcohol motifs (C(OH)–C–C–N with tert-alkyl or cyclic N) is 1. The smallest absolute Gasteiger partial charge is 0.251 e. The highest BCUT2D eigenvalue weighted by Gasteiger charge is 2.28. The molecule has 1 heterocycles. The van der Waals surface area contributed by atoms with Crippen LogP contribution in [0.5, 0.6) is 11.5 Å². The lowest BCUT2D eigenvalue weighted by atomic mass is 9.93. The van der Waals surface area contributed by atoms with Crippen molar-refractivity contribution in [1.29, 1.82) is 5.26 Å². The third-order valence-corrected chi connectivity index (χ3v) is 5.58. The molecule has 0 saturated carbocycles. The van der Waals surface area contributed by atoms with Gasteiger partial charge in [-0.05, 0) is 58.3 Å². The number of carbonyl (C=O) groups is 1. The summed E-state index contributed by atoms with van der Waals surface area (Å²) in [4.78, 5) is 15.0. The molecule has 31 heavy (non-hydrogen) atoms. The predicted molar refractivity (Wildman–Crippen MR) is 120 cm³/mol. The second kappa shape index (κ2) is 13.0. The molecule has 2 atom stereocenters. The third kappa shape index (κ3) is 7.27. The Hall–Kier alpha value is -2.56. The van der Waals surface area contributed by atoms with Crippen LogP contribution in [-0.2, 0) is 0 Å². The number of hydrogen-bond acceptors (Lipinski definition) is 6. The van der Waals surface area contributed by atoms with Crippen LogP contribution in [0.3, 0.4) is 0 Å². The van der Waals surface area contributed by atoms with Crippen LogP contribution in [0, 0.1) is 24.2 Å². The Morgan fingerprint density at radius 3 is 2.94 bits per heavy atom. The largest absolute Gasteiger partial charge is 0.490 e. The molecule has 7 heteroatoms. The van der Waals surface area contributed by atoms with Crippen molar-refractivity contribution in [2.24, 2.45) is 5.92 Å². The zero-order valence-electron chi connectivity index (χ0n) is 18.7. The van der Waals surface area contributed by atoms with E-state index in [-0.39, 0.29) is 11.8 Å². The summed E-state index contributed by atoms with van der Waals surface area (Å²) in [5, 5.41) is 22.1. The average Bonchev–Trinajstić information content (AvgIpc) is 2.75. The summed E-state index contributed by atoms with van der Waals surface area (Å²) in [5.41, 5.74) is 1.28. The van der Waals surface area contributed by atoms with Gasteiger partial charge in [-0.15, -0.1) is 6.58 Å². The number of piperidine rings is 1. The molecule has 0 spiro atoms. The first-order valence-corrected chi connectivity index (χ1v) is 11.1. The van der Waals surface area contributed by atoms with Crippen molar-refractivity contribution in [2.45, 2.75) is 45.6 Å². The molecule has 0 radical (unpaired) electrons. The van der Waals surface area contributed by atoms with E-state index in [0.717, 1.165) is 31.5 Å². The van der Waals surface area contributed by atoms with Gasteiger partial charge in [-0.3, -0.25) is 4.79 Å². The summed E-state index contributed by atoms with van der Waals surface area (Å²) in [6, 6.07) is 5.67. The SMILES string of the molecule is C=CCCOc1c(OCC)ccc(C(=O)NC[C@@H]2CCN(CCCC#N)C[C@H]2O)c1C. The van der Waals surface area contributed by atoms with Crippen LogP contribution in [0.15, 0.2) is 24.8 Å². The van der Waals surface area contributed by atoms with E-state index in [9.17, 15) is 9.90 Å². The number of hydrogen-bond donors (Lipinski definition) is 2. The number of benzene rings is 1. The molecule has 1 aromatic carbocycles. The van der Waals surface area contributed by atoms with E-state index in [4.69, 9.17) is 14.7 Å². The molecular weight excluding hydrogens is 394 g/mol. The minimum absolute atomic E-state index is 0.0162. The molecule has 2 N–H and O–H groups in total. The van der Waals surface area contributed by atoms with Crippen LogP contribution in [-0.4, -0.2) is 61.4 Å². The van der Waals surface area contributed by atoms with Gasteiger partial charge in [-0.2, -0.15) is 5.26 Å². The van der Waals surface area contributed by atoms with Gasteiger partial charge in [0.05, 0.1) is 25.4 Å². The number of rotatable bonds is 12. The number of likely N-dealkylation sites (tertiary alicyclic amines) is 1. The fourth-order valence-electron chi connectivity index (χ4n) is 3.79. The minimum atomic E-state index is -0.490. The van der Waals surface area contributed by atoms with E-state index in [0.29, 0.717) is 56.2 Å². The number of nitrogens with zero attached hydrogens (tertiary/aromatic N) is 2. The quantitative estimate of drug-likeness (QED) is 0.392. The summed E-state index contributed by atoms with van der Waals surface area (Å²) < 4.78 is 11.5. The summed E-state index contributed by atoms with van der Waals surface area (Å²) >= 11 is 0. The van der Waals surface area contributed by atoms with Crippen LogP contribution < -0.4 is 14.8 Å². The van der Waals surface area contributed by atoms with Crippen molar-refractivity contribution < 1.29 is 19.4 Å². The topological polar surface area (TPSA) is 94.8 Å². The van der Waals surface area contributed by atoms with Crippen LogP contribution in [0.25, 0.3) is 0 Å². The maximum absolute atomic E-state index is 12.9. The Labute approximate surface area is 185 Å². The van der Waals surface area contributed by atoms with Gasteiger partial charge in [-0.1, -0.05) is 6.08 Å². The van der Waals surface area contributed by atoms with Gasteiger partial charge in [0.25, 0.3) is 5.91 Å². The summed E-state index contributed by atoms with van der Waals surface area (Å²) in [5.74, 6) is 1.04. The Kier molecular flexibility index (Phi) is 10.3. The third-order valence-electron chi connectivity index (χ3n) is 5.58. The number of ether oxygens (including phenoxy) is 2. The monoisotopic (exact) mass is 429 g/mol. The number of carbonyl (C=O) groups excluding carboxylic acids is 1.